The molecule has 0 saturated heterocycles. The van der Waals surface area contributed by atoms with Gasteiger partial charge in [-0.2, -0.15) is 10.6 Å². The normalized spacial score (nSPS) is 23.9. The molecule has 0 radical (unpaired) electrons. The Hall–Kier alpha value is -1.00. The van der Waals surface area contributed by atoms with Gasteiger partial charge in [-0.15, -0.1) is 0 Å². The molecule has 0 amide bonds. The predicted octanol–water partition coefficient (Wildman–Crippen LogP) is 2.84. The second kappa shape index (κ2) is 7.30. The van der Waals surface area contributed by atoms with Gasteiger partial charge in [-0.25, -0.2) is 5.53 Å². The number of nitrogens with one attached hydrogen (secondary N) is 2. The molecule has 16 heavy (non-hydrogen) atoms. The van der Waals surface area contributed by atoms with E-state index in [2.05, 4.69) is 24.4 Å². The van der Waals surface area contributed by atoms with E-state index in [1.54, 1.807) is 0 Å². The average Bonchev–Trinajstić information content (AvgIpc) is 2.35. The van der Waals surface area contributed by atoms with Crippen molar-refractivity contribution in [2.45, 2.75) is 38.8 Å². The SMILES string of the molecule is CCC(CC)CONC1C=CC=CC1N=N. The average molecular weight is 223 g/mol. The van der Waals surface area contributed by atoms with Crippen LogP contribution in [0.5, 0.6) is 0 Å². The van der Waals surface area contributed by atoms with Crippen LogP contribution in [0.15, 0.2) is 29.4 Å². The first-order valence-electron chi connectivity index (χ1n) is 5.90. The fourth-order valence-corrected chi connectivity index (χ4v) is 1.61. The molecule has 1 aliphatic rings. The van der Waals surface area contributed by atoms with Gasteiger partial charge < -0.3 is 4.84 Å². The van der Waals surface area contributed by atoms with Crippen LogP contribution in [-0.2, 0) is 4.84 Å². The smallest absolute Gasteiger partial charge is 0.110 e. The molecule has 0 aromatic heterocycles. The molecule has 0 heterocycles. The van der Waals surface area contributed by atoms with Crippen LogP contribution in [0.2, 0.25) is 0 Å². The lowest BCUT2D eigenvalue weighted by Gasteiger charge is -2.21. The van der Waals surface area contributed by atoms with Crippen molar-refractivity contribution in [2.24, 2.45) is 11.0 Å². The lowest BCUT2D eigenvalue weighted by molar-refractivity contribution is 0.0000550. The van der Waals surface area contributed by atoms with Gasteiger partial charge in [-0.3, -0.25) is 0 Å². The summed E-state index contributed by atoms with van der Waals surface area (Å²) in [6.45, 7) is 5.05. The third-order valence-electron chi connectivity index (χ3n) is 2.95. The highest BCUT2D eigenvalue weighted by molar-refractivity contribution is 5.19. The predicted molar refractivity (Wildman–Crippen MR) is 64.2 cm³/mol. The molecule has 2 N–H and O–H groups in total. The quantitative estimate of drug-likeness (QED) is 0.515. The van der Waals surface area contributed by atoms with Crippen LogP contribution < -0.4 is 5.48 Å². The van der Waals surface area contributed by atoms with E-state index >= 15 is 0 Å². The first kappa shape index (κ1) is 13.1. The van der Waals surface area contributed by atoms with E-state index in [-0.39, 0.29) is 12.1 Å². The molecule has 0 aromatic rings. The van der Waals surface area contributed by atoms with Gasteiger partial charge in [0.1, 0.15) is 6.04 Å². The van der Waals surface area contributed by atoms with E-state index in [1.807, 2.05) is 24.3 Å². The summed E-state index contributed by atoms with van der Waals surface area (Å²) in [5.74, 6) is 0.599. The van der Waals surface area contributed by atoms with Gasteiger partial charge in [0.2, 0.25) is 0 Å². The highest BCUT2D eigenvalue weighted by Crippen LogP contribution is 2.10. The van der Waals surface area contributed by atoms with Crippen LogP contribution >= 0.6 is 0 Å². The minimum atomic E-state index is -0.147. The fraction of sp³-hybridized carbons (Fsp3) is 0.667. The zero-order chi connectivity index (χ0) is 11.8. The maximum atomic E-state index is 7.06. The third-order valence-corrected chi connectivity index (χ3v) is 2.95. The van der Waals surface area contributed by atoms with Crippen molar-refractivity contribution in [2.75, 3.05) is 6.61 Å². The highest BCUT2D eigenvalue weighted by atomic mass is 16.6. The summed E-state index contributed by atoms with van der Waals surface area (Å²) in [4.78, 5) is 5.47. The Kier molecular flexibility index (Phi) is 5.96. The van der Waals surface area contributed by atoms with Gasteiger partial charge in [-0.1, -0.05) is 51.0 Å². The van der Waals surface area contributed by atoms with Crippen LogP contribution in [0.1, 0.15) is 26.7 Å². The molecule has 4 nitrogen and oxygen atoms in total. The Morgan fingerprint density at radius 2 is 2.00 bits per heavy atom. The van der Waals surface area contributed by atoms with Crippen LogP contribution in [-0.4, -0.2) is 18.7 Å². The Labute approximate surface area is 97.2 Å². The van der Waals surface area contributed by atoms with E-state index in [1.165, 1.54) is 0 Å². The molecule has 2 atom stereocenters. The van der Waals surface area contributed by atoms with Crippen molar-refractivity contribution in [3.8, 4) is 0 Å². The third kappa shape index (κ3) is 3.87. The van der Waals surface area contributed by atoms with Crippen LogP contribution in [0.3, 0.4) is 0 Å². The second-order valence-corrected chi connectivity index (χ2v) is 4.03. The highest BCUT2D eigenvalue weighted by Gasteiger charge is 2.17. The first-order chi connectivity index (χ1) is 7.81. The minimum Gasteiger partial charge on any atom is -0.301 e. The zero-order valence-corrected chi connectivity index (χ0v) is 10.0. The van der Waals surface area contributed by atoms with Gasteiger partial charge in [0, 0.05) is 0 Å². The second-order valence-electron chi connectivity index (χ2n) is 4.03. The van der Waals surface area contributed by atoms with Crippen LogP contribution in [0.4, 0.5) is 0 Å². The van der Waals surface area contributed by atoms with E-state index < -0.39 is 0 Å². The molecule has 2 unspecified atom stereocenters. The van der Waals surface area contributed by atoms with E-state index in [4.69, 9.17) is 10.4 Å². The van der Waals surface area contributed by atoms with Crippen molar-refractivity contribution in [1.29, 1.82) is 5.53 Å². The number of rotatable bonds is 7. The molecule has 0 aliphatic heterocycles. The summed E-state index contributed by atoms with van der Waals surface area (Å²) >= 11 is 0. The monoisotopic (exact) mass is 223 g/mol. The van der Waals surface area contributed by atoms with Gasteiger partial charge >= 0.3 is 0 Å². The summed E-state index contributed by atoms with van der Waals surface area (Å²) in [6, 6.07) is -0.163. The lowest BCUT2D eigenvalue weighted by atomic mass is 10.0. The number of nitrogens with zero attached hydrogens (tertiary/aromatic N) is 1. The summed E-state index contributed by atoms with van der Waals surface area (Å²) in [6.07, 6.45) is 9.97. The molecule has 90 valence electrons. The number of hydroxylamine groups is 1. The van der Waals surface area contributed by atoms with Crippen molar-refractivity contribution >= 4 is 0 Å². The largest absolute Gasteiger partial charge is 0.301 e. The Bertz CT molecular complexity index is 259. The summed E-state index contributed by atoms with van der Waals surface area (Å²) < 4.78 is 0. The Balaban J connectivity index is 2.29. The summed E-state index contributed by atoms with van der Waals surface area (Å²) in [7, 11) is 0. The number of hydrogen-bond donors (Lipinski definition) is 2. The topological polar surface area (TPSA) is 57.5 Å². The zero-order valence-electron chi connectivity index (χ0n) is 10.0. The van der Waals surface area contributed by atoms with E-state index in [0.29, 0.717) is 12.5 Å². The van der Waals surface area contributed by atoms with Crippen LogP contribution in [0.25, 0.3) is 0 Å². The molecule has 1 rings (SSSR count). The van der Waals surface area contributed by atoms with Gasteiger partial charge in [0.05, 0.1) is 12.6 Å². The molecular formula is C12H21N3O. The van der Waals surface area contributed by atoms with E-state index in [9.17, 15) is 0 Å². The molecule has 0 fully saturated rings. The Morgan fingerprint density at radius 1 is 1.31 bits per heavy atom. The van der Waals surface area contributed by atoms with Crippen molar-refractivity contribution in [3.63, 3.8) is 0 Å². The molecule has 0 spiro atoms. The maximum absolute atomic E-state index is 7.06. The van der Waals surface area contributed by atoms with Gasteiger partial charge in [0.25, 0.3) is 0 Å². The molecule has 0 bridgehead atoms. The molecule has 4 heteroatoms. The lowest BCUT2D eigenvalue weighted by Crippen LogP contribution is -2.38. The van der Waals surface area contributed by atoms with Crippen molar-refractivity contribution in [3.05, 3.63) is 24.3 Å². The van der Waals surface area contributed by atoms with Crippen molar-refractivity contribution in [1.82, 2.24) is 5.48 Å². The van der Waals surface area contributed by atoms with Gasteiger partial charge in [0.15, 0.2) is 0 Å². The minimum absolute atomic E-state index is 0.0168. The molecule has 0 aromatic carbocycles. The van der Waals surface area contributed by atoms with Crippen molar-refractivity contribution < 1.29 is 4.84 Å². The standard InChI is InChI=1S/C12H21N3O/c1-3-10(4-2)9-16-15-12-8-6-5-7-11(12)14-13/h5-8,10-13,15H,3-4,9H2,1-2H3. The first-order valence-corrected chi connectivity index (χ1v) is 5.90. The van der Waals surface area contributed by atoms with Crippen LogP contribution in [0, 0.1) is 11.4 Å². The van der Waals surface area contributed by atoms with E-state index in [0.717, 1.165) is 12.8 Å². The Morgan fingerprint density at radius 3 is 2.62 bits per heavy atom. The number of allylic oxidation sites excluding steroid dienone is 2. The molecule has 0 saturated carbocycles. The molecule has 1 aliphatic carbocycles. The number of hydrogen-bond acceptors (Lipinski definition) is 4. The fourth-order valence-electron chi connectivity index (χ4n) is 1.61. The summed E-state index contributed by atoms with van der Waals surface area (Å²) in [5, 5.41) is 3.54. The molecular weight excluding hydrogens is 202 g/mol. The van der Waals surface area contributed by atoms with Gasteiger partial charge in [-0.05, 0) is 5.92 Å². The maximum Gasteiger partial charge on any atom is 0.110 e. The summed E-state index contributed by atoms with van der Waals surface area (Å²) in [5.41, 5.74) is 10.0.